The maximum atomic E-state index is 15.0. The first-order valence-electron chi connectivity index (χ1n) is 20.5. The number of hydrogen-bond donors (Lipinski definition) is 6. The lowest BCUT2D eigenvalue weighted by Crippen LogP contribution is -2.49. The summed E-state index contributed by atoms with van der Waals surface area (Å²) in [6, 6.07) is 12.1. The van der Waals surface area contributed by atoms with Crippen LogP contribution in [0.3, 0.4) is 0 Å². The van der Waals surface area contributed by atoms with E-state index in [0.717, 1.165) is 23.8 Å². The maximum absolute atomic E-state index is 15.0. The van der Waals surface area contributed by atoms with E-state index in [2.05, 4.69) is 16.0 Å². The van der Waals surface area contributed by atoms with E-state index in [1.54, 1.807) is 12.3 Å². The lowest BCUT2D eigenvalue weighted by molar-refractivity contribution is -0.140. The molecule has 8 N–H and O–H groups in total. The SMILES string of the molecule is CC.CC.CC.CC(=O)NC(CCCCN)C(=O)NCCNC(=O)C(N)CCN(C(=O)CO)C(c1cc(-c2cc(F)ccc2F)cn1Cc1ccccc1)C(C)(C)C. The molecule has 3 rings (SSSR count). The van der Waals surface area contributed by atoms with Crippen molar-refractivity contribution in [1.82, 2.24) is 25.4 Å². The lowest BCUT2D eigenvalue weighted by atomic mass is 9.82. The van der Waals surface area contributed by atoms with Crippen LogP contribution in [-0.4, -0.2) is 83.1 Å². The molecular weight excluding hydrogens is 745 g/mol. The molecule has 3 unspecified atom stereocenters. The van der Waals surface area contributed by atoms with Gasteiger partial charge in [-0.3, -0.25) is 19.2 Å². The van der Waals surface area contributed by atoms with Crippen LogP contribution < -0.4 is 27.4 Å². The van der Waals surface area contributed by atoms with Crippen LogP contribution in [0.4, 0.5) is 8.78 Å². The molecule has 14 heteroatoms. The van der Waals surface area contributed by atoms with E-state index in [1.165, 1.54) is 11.8 Å². The van der Waals surface area contributed by atoms with Crippen LogP contribution in [0.25, 0.3) is 11.1 Å². The van der Waals surface area contributed by atoms with Gasteiger partial charge in [-0.25, -0.2) is 8.78 Å². The summed E-state index contributed by atoms with van der Waals surface area (Å²) in [4.78, 5) is 52.1. The van der Waals surface area contributed by atoms with Gasteiger partial charge in [0.2, 0.25) is 23.6 Å². The molecule has 3 aromatic rings. The van der Waals surface area contributed by atoms with Gasteiger partial charge in [0.05, 0.1) is 12.1 Å². The molecule has 0 fully saturated rings. The summed E-state index contributed by atoms with van der Waals surface area (Å²) in [5, 5.41) is 18.1. The van der Waals surface area contributed by atoms with Crippen molar-refractivity contribution in [2.45, 2.75) is 120 Å². The van der Waals surface area contributed by atoms with Crippen LogP contribution in [-0.2, 0) is 25.7 Å². The molecule has 4 amide bonds. The molecule has 326 valence electrons. The van der Waals surface area contributed by atoms with Crippen molar-refractivity contribution >= 4 is 23.6 Å². The second-order valence-corrected chi connectivity index (χ2v) is 13.9. The second kappa shape index (κ2) is 28.7. The van der Waals surface area contributed by atoms with Crippen molar-refractivity contribution < 1.29 is 33.1 Å². The van der Waals surface area contributed by atoms with Gasteiger partial charge in [-0.1, -0.05) is 92.6 Å². The Morgan fingerprint density at radius 1 is 0.862 bits per heavy atom. The fourth-order valence-corrected chi connectivity index (χ4v) is 6.14. The molecule has 1 aromatic heterocycles. The molecule has 0 aliphatic heterocycles. The monoisotopic (exact) mass is 816 g/mol. The number of aromatic nitrogens is 1. The molecule has 0 saturated carbocycles. The molecule has 0 bridgehead atoms. The molecule has 2 aromatic carbocycles. The van der Waals surface area contributed by atoms with Gasteiger partial charge in [0, 0.05) is 56.1 Å². The summed E-state index contributed by atoms with van der Waals surface area (Å²) in [5.41, 5.74) is 13.2. The molecule has 3 atom stereocenters. The normalized spacial score (nSPS) is 12.1. The van der Waals surface area contributed by atoms with E-state index < -0.39 is 53.6 Å². The van der Waals surface area contributed by atoms with Crippen molar-refractivity contribution in [1.29, 1.82) is 0 Å². The van der Waals surface area contributed by atoms with Crippen LogP contribution in [0.5, 0.6) is 0 Å². The lowest BCUT2D eigenvalue weighted by Gasteiger charge is -2.41. The Bertz CT molecular complexity index is 1650. The van der Waals surface area contributed by atoms with Crippen LogP contribution in [0.1, 0.15) is 112 Å². The van der Waals surface area contributed by atoms with E-state index in [4.69, 9.17) is 11.5 Å². The molecule has 0 aliphatic rings. The first-order valence-corrected chi connectivity index (χ1v) is 20.5. The Morgan fingerprint density at radius 3 is 2.02 bits per heavy atom. The highest BCUT2D eigenvalue weighted by atomic mass is 19.1. The maximum Gasteiger partial charge on any atom is 0.248 e. The number of rotatable bonds is 19. The first-order chi connectivity index (χ1) is 27.7. The first kappa shape index (κ1) is 53.3. The third-order valence-electron chi connectivity index (χ3n) is 8.61. The number of nitrogens with two attached hydrogens (primary N) is 2. The zero-order chi connectivity index (χ0) is 44.4. The molecule has 12 nitrogen and oxygen atoms in total. The topological polar surface area (TPSA) is 185 Å². The molecule has 1 heterocycles. The zero-order valence-corrected chi connectivity index (χ0v) is 36.5. The standard InChI is InChI=1S/C38H53F2N7O5.3C2H6/c1-25(49)45-32(12-8-9-16-41)37(52)44-18-17-43-36(51)31(42)15-19-47(34(50)24-48)35(38(2,3)4)33-20-27(29-21-28(39)13-14-30(29)40)23-46(33)22-26-10-6-5-7-11-26;3*1-2/h5-7,10-11,13-14,20-21,23,31-32,35,48H,8-9,12,15-19,22,24,41-42H2,1-4H3,(H,43,51)(H,44,52)(H,45,49);3*1-2H3. The predicted octanol–water partition coefficient (Wildman–Crippen LogP) is 6.05. The number of carbonyl (C=O) groups excluding carboxylic acids is 4. The van der Waals surface area contributed by atoms with Crippen LogP contribution in [0, 0.1) is 17.0 Å². The highest BCUT2D eigenvalue weighted by Gasteiger charge is 2.37. The van der Waals surface area contributed by atoms with Gasteiger partial charge in [-0.2, -0.15) is 0 Å². The predicted molar refractivity (Wildman–Crippen MR) is 229 cm³/mol. The number of nitrogens with zero attached hydrogens (tertiary/aromatic N) is 2. The van der Waals surface area contributed by atoms with Gasteiger partial charge in [0.15, 0.2) is 0 Å². The fraction of sp³-hybridized carbons (Fsp3) is 0.545. The number of hydrogen-bond acceptors (Lipinski definition) is 7. The number of amides is 4. The number of halogens is 2. The van der Waals surface area contributed by atoms with Crippen LogP contribution >= 0.6 is 0 Å². The Hall–Kier alpha value is -4.66. The number of benzene rings is 2. The average Bonchev–Trinajstić information content (AvgIpc) is 3.61. The van der Waals surface area contributed by atoms with Crippen LogP contribution in [0.15, 0.2) is 60.8 Å². The minimum absolute atomic E-state index is 0.00593. The van der Waals surface area contributed by atoms with Crippen molar-refractivity contribution in [2.75, 3.05) is 32.8 Å². The summed E-state index contributed by atoms with van der Waals surface area (Å²) < 4.78 is 31.2. The number of aliphatic hydroxyl groups is 1. The summed E-state index contributed by atoms with van der Waals surface area (Å²) in [6.45, 7) is 19.3. The van der Waals surface area contributed by atoms with Gasteiger partial charge in [-0.05, 0) is 67.5 Å². The molecule has 0 aliphatic carbocycles. The summed E-state index contributed by atoms with van der Waals surface area (Å²) in [5.74, 6) is -3.01. The minimum Gasteiger partial charge on any atom is -0.387 e. The highest BCUT2D eigenvalue weighted by Crippen LogP contribution is 2.41. The average molecular weight is 816 g/mol. The minimum atomic E-state index is -1.04. The van der Waals surface area contributed by atoms with Gasteiger partial charge in [-0.15, -0.1) is 0 Å². The van der Waals surface area contributed by atoms with Crippen LogP contribution in [0.2, 0.25) is 0 Å². The molecule has 0 radical (unpaired) electrons. The quantitative estimate of drug-likeness (QED) is 0.0796. The van der Waals surface area contributed by atoms with Crippen molar-refractivity contribution in [2.24, 2.45) is 16.9 Å². The van der Waals surface area contributed by atoms with E-state index >= 15 is 4.39 Å². The van der Waals surface area contributed by atoms with E-state index in [-0.39, 0.29) is 43.4 Å². The number of unbranched alkanes of at least 4 members (excludes halogenated alkanes) is 1. The zero-order valence-electron chi connectivity index (χ0n) is 36.5. The highest BCUT2D eigenvalue weighted by molar-refractivity contribution is 5.87. The Kier molecular flexibility index (Phi) is 26.4. The van der Waals surface area contributed by atoms with Crippen molar-refractivity contribution in [3.63, 3.8) is 0 Å². The third-order valence-corrected chi connectivity index (χ3v) is 8.61. The van der Waals surface area contributed by atoms with Crippen molar-refractivity contribution in [3.8, 4) is 11.1 Å². The molecule has 58 heavy (non-hydrogen) atoms. The number of nitrogens with one attached hydrogen (secondary N) is 3. The van der Waals surface area contributed by atoms with E-state index in [9.17, 15) is 28.7 Å². The number of aliphatic hydroxyl groups excluding tert-OH is 1. The van der Waals surface area contributed by atoms with Gasteiger partial charge < -0.3 is 42.0 Å². The van der Waals surface area contributed by atoms with Crippen molar-refractivity contribution in [3.05, 3.63) is 83.7 Å². The van der Waals surface area contributed by atoms with Gasteiger partial charge in [0.1, 0.15) is 24.3 Å². The molecule has 0 saturated heterocycles. The second-order valence-electron chi connectivity index (χ2n) is 13.9. The third kappa shape index (κ3) is 17.9. The fourth-order valence-electron chi connectivity index (χ4n) is 6.14. The Balaban J connectivity index is 0.00000516. The Labute approximate surface area is 345 Å². The largest absolute Gasteiger partial charge is 0.387 e. The summed E-state index contributed by atoms with van der Waals surface area (Å²) in [7, 11) is 0. The van der Waals surface area contributed by atoms with E-state index in [0.29, 0.717) is 43.6 Å². The summed E-state index contributed by atoms with van der Waals surface area (Å²) in [6.07, 6.45) is 3.56. The molecular formula is C44H71F2N7O5. The smallest absolute Gasteiger partial charge is 0.248 e. The van der Waals surface area contributed by atoms with E-state index in [1.807, 2.05) is 97.2 Å². The summed E-state index contributed by atoms with van der Waals surface area (Å²) >= 11 is 0. The van der Waals surface area contributed by atoms with Gasteiger partial charge >= 0.3 is 0 Å². The van der Waals surface area contributed by atoms with Gasteiger partial charge in [0.25, 0.3) is 0 Å². The number of carbonyl (C=O) groups is 4. The molecule has 0 spiro atoms. The Morgan fingerprint density at radius 2 is 1.47 bits per heavy atom.